The van der Waals surface area contributed by atoms with E-state index in [1.54, 1.807) is 29.7 Å². The third kappa shape index (κ3) is 4.45. The summed E-state index contributed by atoms with van der Waals surface area (Å²) in [7, 11) is 0. The Morgan fingerprint density at radius 1 is 1.36 bits per heavy atom. The first-order chi connectivity index (χ1) is 13.5. The van der Waals surface area contributed by atoms with Crippen LogP contribution in [0.4, 0.5) is 5.82 Å². The van der Waals surface area contributed by atoms with Gasteiger partial charge in [-0.2, -0.15) is 10.2 Å². The molecule has 2 aromatic heterocycles. The molecule has 1 N–H and O–H groups in total. The highest BCUT2D eigenvalue weighted by Crippen LogP contribution is 2.22. The van der Waals surface area contributed by atoms with Gasteiger partial charge in [0, 0.05) is 30.2 Å². The number of carbonyl (C=O) groups excluding carboxylic acids is 1. The minimum Gasteiger partial charge on any atom is -0.306 e. The van der Waals surface area contributed by atoms with Gasteiger partial charge in [-0.05, 0) is 30.2 Å². The number of hydrogen-bond donors (Lipinski definition) is 1. The third-order valence-electron chi connectivity index (χ3n) is 3.80. The highest BCUT2D eigenvalue weighted by molar-refractivity contribution is 6.32. The molecule has 0 aliphatic carbocycles. The smallest absolute Gasteiger partial charge is 0.269 e. The molecule has 2 heterocycles. The van der Waals surface area contributed by atoms with Crippen molar-refractivity contribution in [2.75, 3.05) is 11.6 Å². The Bertz CT molecular complexity index is 994. The van der Waals surface area contributed by atoms with Crippen molar-refractivity contribution in [3.63, 3.8) is 0 Å². The number of halogens is 1. The van der Waals surface area contributed by atoms with Gasteiger partial charge in [-0.3, -0.25) is 15.2 Å². The number of imidazole rings is 1. The van der Waals surface area contributed by atoms with Gasteiger partial charge in [0.15, 0.2) is 5.82 Å². The van der Waals surface area contributed by atoms with Crippen LogP contribution in [0.1, 0.15) is 30.0 Å². The fourth-order valence-electron chi connectivity index (χ4n) is 2.54. The van der Waals surface area contributed by atoms with Crippen LogP contribution in [0, 0.1) is 17.2 Å². The Morgan fingerprint density at radius 3 is 2.71 bits per heavy atom. The number of nitrogens with zero attached hydrogens (tertiary/aromatic N) is 6. The zero-order valence-corrected chi connectivity index (χ0v) is 16.1. The molecule has 1 aromatic carbocycles. The van der Waals surface area contributed by atoms with Crippen LogP contribution in [0.3, 0.4) is 0 Å². The molecule has 28 heavy (non-hydrogen) atoms. The van der Waals surface area contributed by atoms with Crippen molar-refractivity contribution < 1.29 is 4.79 Å². The number of aromatic nitrogens is 4. The van der Waals surface area contributed by atoms with Crippen LogP contribution in [0.5, 0.6) is 0 Å². The van der Waals surface area contributed by atoms with Gasteiger partial charge in [-0.15, -0.1) is 0 Å². The predicted octanol–water partition coefficient (Wildman–Crippen LogP) is 2.99. The number of nitrogens with one attached hydrogen (secondary N) is 1. The van der Waals surface area contributed by atoms with Crippen LogP contribution in [0.2, 0.25) is 5.02 Å². The number of benzene rings is 1. The van der Waals surface area contributed by atoms with Gasteiger partial charge in [0.05, 0.1) is 12.5 Å². The van der Waals surface area contributed by atoms with Gasteiger partial charge in [-0.1, -0.05) is 25.4 Å². The van der Waals surface area contributed by atoms with E-state index in [0.29, 0.717) is 12.1 Å². The van der Waals surface area contributed by atoms with E-state index in [-0.39, 0.29) is 28.5 Å². The number of hydrazine groups is 1. The normalized spacial score (nSPS) is 10.5. The van der Waals surface area contributed by atoms with Gasteiger partial charge >= 0.3 is 0 Å². The molecule has 0 spiro atoms. The maximum atomic E-state index is 12.8. The molecule has 0 saturated heterocycles. The Balaban J connectivity index is 1.83. The number of carbonyl (C=O) groups is 1. The van der Waals surface area contributed by atoms with Crippen molar-refractivity contribution in [2.45, 2.75) is 13.8 Å². The summed E-state index contributed by atoms with van der Waals surface area (Å²) in [4.78, 5) is 24.7. The zero-order valence-electron chi connectivity index (χ0n) is 15.4. The van der Waals surface area contributed by atoms with E-state index in [9.17, 15) is 4.79 Å². The minimum absolute atomic E-state index is 0.0212. The van der Waals surface area contributed by atoms with Crippen LogP contribution in [0.25, 0.3) is 5.69 Å². The van der Waals surface area contributed by atoms with Gasteiger partial charge in [0.25, 0.3) is 5.91 Å². The van der Waals surface area contributed by atoms with E-state index in [1.165, 1.54) is 6.20 Å². The fourth-order valence-corrected chi connectivity index (χ4v) is 2.73. The molecule has 0 unspecified atom stereocenters. The van der Waals surface area contributed by atoms with Crippen LogP contribution in [0.15, 0.2) is 49.2 Å². The van der Waals surface area contributed by atoms with E-state index in [1.807, 2.05) is 42.8 Å². The van der Waals surface area contributed by atoms with Gasteiger partial charge in [0.2, 0.25) is 5.82 Å². The summed E-state index contributed by atoms with van der Waals surface area (Å²) in [6, 6.07) is 8.98. The molecule has 0 bridgehead atoms. The van der Waals surface area contributed by atoms with Crippen molar-refractivity contribution in [3.8, 4) is 11.8 Å². The monoisotopic (exact) mass is 395 g/mol. The summed E-state index contributed by atoms with van der Waals surface area (Å²) >= 11 is 6.20. The molecule has 8 nitrogen and oxygen atoms in total. The first-order valence-corrected chi connectivity index (χ1v) is 8.95. The van der Waals surface area contributed by atoms with E-state index in [4.69, 9.17) is 16.9 Å². The molecule has 0 aliphatic heterocycles. The molecule has 3 rings (SSSR count). The Morgan fingerprint density at radius 2 is 2.11 bits per heavy atom. The van der Waals surface area contributed by atoms with Crippen molar-refractivity contribution in [1.82, 2.24) is 24.9 Å². The summed E-state index contributed by atoms with van der Waals surface area (Å²) < 4.78 is 1.84. The van der Waals surface area contributed by atoms with E-state index in [0.717, 1.165) is 5.69 Å². The second-order valence-corrected chi connectivity index (χ2v) is 6.85. The average Bonchev–Trinajstić information content (AvgIpc) is 3.22. The Kier molecular flexibility index (Phi) is 5.87. The lowest BCUT2D eigenvalue weighted by Gasteiger charge is -2.26. The largest absolute Gasteiger partial charge is 0.306 e. The first kappa shape index (κ1) is 19.3. The van der Waals surface area contributed by atoms with Gasteiger partial charge < -0.3 is 4.57 Å². The molecule has 1 amide bonds. The molecular weight excluding hydrogens is 378 g/mol. The molecule has 0 radical (unpaired) electrons. The summed E-state index contributed by atoms with van der Waals surface area (Å²) in [5.74, 6) is 0.156. The van der Waals surface area contributed by atoms with Gasteiger partial charge in [0.1, 0.15) is 11.1 Å². The number of rotatable bonds is 6. The molecule has 0 aliphatic rings. The first-order valence-electron chi connectivity index (χ1n) is 8.57. The highest BCUT2D eigenvalue weighted by Gasteiger charge is 2.18. The van der Waals surface area contributed by atoms with Crippen molar-refractivity contribution in [3.05, 3.63) is 65.6 Å². The van der Waals surface area contributed by atoms with Crippen molar-refractivity contribution >= 4 is 23.3 Å². The van der Waals surface area contributed by atoms with Crippen LogP contribution in [-0.2, 0) is 0 Å². The third-order valence-corrected chi connectivity index (χ3v) is 4.06. The predicted molar refractivity (Wildman–Crippen MR) is 105 cm³/mol. The maximum Gasteiger partial charge on any atom is 0.269 e. The standard InChI is InChI=1S/C19H18ClN7O/c1-13(2)11-27(18-16(20)10-23-17(9-21)24-18)25-19(28)14-3-5-15(6-4-14)26-8-7-22-12-26/h3-8,10,12-13H,11H2,1-2H3,(H,25,28). The minimum atomic E-state index is -0.314. The number of anilines is 1. The summed E-state index contributed by atoms with van der Waals surface area (Å²) in [5.41, 5.74) is 4.19. The molecule has 0 atom stereocenters. The lowest BCUT2D eigenvalue weighted by atomic mass is 10.2. The second kappa shape index (κ2) is 8.50. The zero-order chi connectivity index (χ0) is 20.1. The van der Waals surface area contributed by atoms with E-state index >= 15 is 0 Å². The van der Waals surface area contributed by atoms with Crippen molar-refractivity contribution in [2.24, 2.45) is 5.92 Å². The topological polar surface area (TPSA) is 99.7 Å². The Hall–Kier alpha value is -3.44. The Labute approximate surface area is 167 Å². The lowest BCUT2D eigenvalue weighted by Crippen LogP contribution is -2.45. The molecule has 0 fully saturated rings. The highest BCUT2D eigenvalue weighted by atomic mass is 35.5. The van der Waals surface area contributed by atoms with Crippen LogP contribution in [-0.4, -0.2) is 32.0 Å². The number of nitriles is 1. The average molecular weight is 396 g/mol. The molecule has 3 aromatic rings. The fraction of sp³-hybridized carbons (Fsp3) is 0.211. The van der Waals surface area contributed by atoms with Crippen LogP contribution < -0.4 is 10.4 Å². The van der Waals surface area contributed by atoms with E-state index < -0.39 is 0 Å². The van der Waals surface area contributed by atoms with Crippen molar-refractivity contribution in [1.29, 1.82) is 5.26 Å². The maximum absolute atomic E-state index is 12.8. The molecule has 9 heteroatoms. The number of amides is 1. The molecule has 0 saturated carbocycles. The lowest BCUT2D eigenvalue weighted by molar-refractivity contribution is 0.0947. The number of hydrogen-bond acceptors (Lipinski definition) is 6. The van der Waals surface area contributed by atoms with Gasteiger partial charge in [-0.25, -0.2) is 9.97 Å². The summed E-state index contributed by atoms with van der Waals surface area (Å²) in [6.45, 7) is 4.46. The van der Waals surface area contributed by atoms with E-state index in [2.05, 4.69) is 20.4 Å². The molecular formula is C19H18ClN7O. The summed E-state index contributed by atoms with van der Waals surface area (Å²) in [6.07, 6.45) is 6.54. The van der Waals surface area contributed by atoms with Crippen LogP contribution >= 0.6 is 11.6 Å². The molecule has 142 valence electrons. The quantitative estimate of drug-likeness (QED) is 0.644. The SMILES string of the molecule is CC(C)CN(NC(=O)c1ccc(-n2ccnc2)cc1)c1nc(C#N)ncc1Cl. The summed E-state index contributed by atoms with van der Waals surface area (Å²) in [5, 5.41) is 10.8. The second-order valence-electron chi connectivity index (χ2n) is 6.44.